The molecule has 3 aromatic carbocycles. The zero-order valence-electron chi connectivity index (χ0n) is 23.8. The van der Waals surface area contributed by atoms with Crippen molar-refractivity contribution in [1.29, 1.82) is 0 Å². The Morgan fingerprint density at radius 3 is 2.05 bits per heavy atom. The summed E-state index contributed by atoms with van der Waals surface area (Å²) in [5.74, 6) is -1.53. The molecule has 2 amide bonds. The van der Waals surface area contributed by atoms with Gasteiger partial charge in [-0.05, 0) is 42.0 Å². The predicted octanol–water partition coefficient (Wildman–Crippen LogP) is 4.26. The van der Waals surface area contributed by atoms with Gasteiger partial charge >= 0.3 is 11.9 Å². The Labute approximate surface area is 253 Å². The Balaban J connectivity index is 1.58. The van der Waals surface area contributed by atoms with Crippen molar-refractivity contribution in [2.45, 2.75) is 55.1 Å². The van der Waals surface area contributed by atoms with E-state index < -0.39 is 53.5 Å². The molecule has 0 N–H and O–H groups in total. The normalized spacial score (nSPS) is 23.0. The van der Waals surface area contributed by atoms with Crippen molar-refractivity contribution in [1.82, 2.24) is 4.90 Å². The van der Waals surface area contributed by atoms with Crippen molar-refractivity contribution in [2.24, 2.45) is 0 Å². The van der Waals surface area contributed by atoms with Gasteiger partial charge in [-0.25, -0.2) is 0 Å². The highest BCUT2D eigenvalue weighted by atomic mass is 32.2. The van der Waals surface area contributed by atoms with Gasteiger partial charge in [-0.15, -0.1) is 0 Å². The van der Waals surface area contributed by atoms with Crippen LogP contribution in [0.5, 0.6) is 5.75 Å². The Kier molecular flexibility index (Phi) is 9.44. The monoisotopic (exact) mass is 605 g/mol. The van der Waals surface area contributed by atoms with Gasteiger partial charge in [0, 0.05) is 18.7 Å². The molecule has 0 spiro atoms. The van der Waals surface area contributed by atoms with E-state index in [1.165, 1.54) is 25.6 Å². The molecule has 5 rings (SSSR count). The van der Waals surface area contributed by atoms with Crippen molar-refractivity contribution in [3.8, 4) is 5.75 Å². The van der Waals surface area contributed by atoms with Crippen molar-refractivity contribution >= 4 is 35.5 Å². The molecule has 224 valence electrons. The van der Waals surface area contributed by atoms with Crippen LogP contribution in [0.25, 0.3) is 0 Å². The maximum atomic E-state index is 13.8. The van der Waals surface area contributed by atoms with Crippen molar-refractivity contribution in [2.75, 3.05) is 13.7 Å². The summed E-state index contributed by atoms with van der Waals surface area (Å²) in [6.07, 6.45) is -3.14. The fourth-order valence-corrected chi connectivity index (χ4v) is 6.34. The van der Waals surface area contributed by atoms with Gasteiger partial charge in [0.1, 0.15) is 36.0 Å². The topological polar surface area (TPSA) is 118 Å². The second kappa shape index (κ2) is 13.4. The van der Waals surface area contributed by atoms with Gasteiger partial charge in [0.05, 0.1) is 24.8 Å². The smallest absolute Gasteiger partial charge is 0.303 e. The van der Waals surface area contributed by atoms with E-state index in [-0.39, 0.29) is 24.3 Å². The van der Waals surface area contributed by atoms with Gasteiger partial charge < -0.3 is 23.7 Å². The predicted molar refractivity (Wildman–Crippen MR) is 155 cm³/mol. The number of esters is 2. The summed E-state index contributed by atoms with van der Waals surface area (Å²) >= 11 is 1.29. The second-order valence-corrected chi connectivity index (χ2v) is 11.2. The molecule has 11 heteroatoms. The number of methoxy groups -OCH3 is 1. The molecule has 0 unspecified atom stereocenters. The first kappa shape index (κ1) is 30.3. The number of carbonyl (C=O) groups excluding carboxylic acids is 4. The molecule has 0 aromatic heterocycles. The largest absolute Gasteiger partial charge is 0.497 e. The van der Waals surface area contributed by atoms with Crippen molar-refractivity contribution in [3.63, 3.8) is 0 Å². The second-order valence-electron chi connectivity index (χ2n) is 9.99. The number of ether oxygens (including phenoxy) is 5. The molecule has 2 aliphatic heterocycles. The first-order valence-corrected chi connectivity index (χ1v) is 14.5. The third-order valence-corrected chi connectivity index (χ3v) is 8.25. The van der Waals surface area contributed by atoms with E-state index in [0.717, 1.165) is 15.4 Å². The summed E-state index contributed by atoms with van der Waals surface area (Å²) in [6.45, 7) is 2.32. The molecular weight excluding hydrogens is 574 g/mol. The molecule has 2 heterocycles. The first-order valence-electron chi connectivity index (χ1n) is 13.7. The summed E-state index contributed by atoms with van der Waals surface area (Å²) in [4.78, 5) is 53.7. The quantitative estimate of drug-likeness (QED) is 0.245. The van der Waals surface area contributed by atoms with E-state index in [0.29, 0.717) is 5.75 Å². The zero-order valence-corrected chi connectivity index (χ0v) is 24.7. The maximum absolute atomic E-state index is 13.8. The molecule has 0 saturated carbocycles. The number of imide groups is 1. The van der Waals surface area contributed by atoms with Crippen molar-refractivity contribution in [3.05, 3.63) is 95.6 Å². The average Bonchev–Trinajstić information content (AvgIpc) is 3.25. The number of nitrogens with zero attached hydrogens (tertiary/aromatic N) is 1. The van der Waals surface area contributed by atoms with Gasteiger partial charge in [0.25, 0.3) is 11.8 Å². The summed E-state index contributed by atoms with van der Waals surface area (Å²) in [7, 11) is 1.57. The minimum atomic E-state index is -1.13. The molecule has 1 fully saturated rings. The minimum absolute atomic E-state index is 0.0507. The lowest BCUT2D eigenvalue weighted by Gasteiger charge is -2.47. The van der Waals surface area contributed by atoms with Crippen LogP contribution >= 0.6 is 11.8 Å². The standard InChI is InChI=1S/C32H31NO9S/c1-19(34)39-18-26-28(41-20(2)35)29(40-17-21-13-15-22(38-3)16-14-21)27(32(42-26)43-23-9-5-4-6-10-23)33-30(36)24-11-7-8-12-25(24)31(33)37/h4-16,26-29,32H,17-18H2,1-3H3/t26-,27-,28+,29-,32+/m1/s1. The molecule has 10 nitrogen and oxygen atoms in total. The lowest BCUT2D eigenvalue weighted by atomic mass is 9.95. The Hall–Kier alpha value is -4.19. The fourth-order valence-electron chi connectivity index (χ4n) is 5.14. The lowest BCUT2D eigenvalue weighted by Crippen LogP contribution is -2.66. The van der Waals surface area contributed by atoms with E-state index in [1.54, 1.807) is 43.5 Å². The third kappa shape index (κ3) is 6.74. The Morgan fingerprint density at radius 2 is 1.47 bits per heavy atom. The van der Waals surface area contributed by atoms with E-state index in [2.05, 4.69) is 0 Å². The molecule has 2 aliphatic rings. The molecule has 0 bridgehead atoms. The first-order chi connectivity index (χ1) is 20.8. The Bertz CT molecular complexity index is 1440. The molecule has 5 atom stereocenters. The molecular formula is C32H31NO9S. The average molecular weight is 606 g/mol. The molecule has 3 aromatic rings. The summed E-state index contributed by atoms with van der Waals surface area (Å²) in [5, 5.41) is 0. The number of thioether (sulfide) groups is 1. The van der Waals surface area contributed by atoms with Gasteiger partial charge in [0.2, 0.25) is 0 Å². The highest BCUT2D eigenvalue weighted by Gasteiger charge is 2.56. The summed E-state index contributed by atoms with van der Waals surface area (Å²) in [6, 6.07) is 22.1. The number of hydrogen-bond donors (Lipinski definition) is 0. The number of fused-ring (bicyclic) bond motifs is 1. The number of carbonyl (C=O) groups is 4. The number of amides is 2. The van der Waals surface area contributed by atoms with Gasteiger partial charge in [0.15, 0.2) is 6.10 Å². The van der Waals surface area contributed by atoms with Crippen LogP contribution in [0.2, 0.25) is 0 Å². The van der Waals surface area contributed by atoms with E-state index in [9.17, 15) is 19.2 Å². The fraction of sp³-hybridized carbons (Fsp3) is 0.312. The van der Waals surface area contributed by atoms with Gasteiger partial charge in [-0.1, -0.05) is 54.2 Å². The molecule has 1 saturated heterocycles. The van der Waals surface area contributed by atoms with Crippen LogP contribution in [0.15, 0.2) is 83.8 Å². The lowest BCUT2D eigenvalue weighted by molar-refractivity contribution is -0.218. The number of hydrogen-bond acceptors (Lipinski definition) is 10. The van der Waals surface area contributed by atoms with Crippen LogP contribution in [0, 0.1) is 0 Å². The summed E-state index contributed by atoms with van der Waals surface area (Å²) < 4.78 is 29.2. The highest BCUT2D eigenvalue weighted by molar-refractivity contribution is 7.99. The van der Waals surface area contributed by atoms with E-state index in [4.69, 9.17) is 23.7 Å². The Morgan fingerprint density at radius 1 is 0.837 bits per heavy atom. The van der Waals surface area contributed by atoms with Gasteiger partial charge in [-0.3, -0.25) is 24.1 Å². The highest BCUT2D eigenvalue weighted by Crippen LogP contribution is 2.41. The number of benzene rings is 3. The van der Waals surface area contributed by atoms with Crippen LogP contribution in [0.3, 0.4) is 0 Å². The van der Waals surface area contributed by atoms with E-state index >= 15 is 0 Å². The van der Waals surface area contributed by atoms with Gasteiger partial charge in [-0.2, -0.15) is 0 Å². The van der Waals surface area contributed by atoms with E-state index in [1.807, 2.05) is 42.5 Å². The zero-order chi connectivity index (χ0) is 30.5. The molecule has 0 aliphatic carbocycles. The number of rotatable bonds is 10. The van der Waals surface area contributed by atoms with Crippen molar-refractivity contribution < 1.29 is 42.9 Å². The van der Waals surface area contributed by atoms with Crippen LogP contribution in [0.4, 0.5) is 0 Å². The van der Waals surface area contributed by atoms with Crippen LogP contribution < -0.4 is 4.74 Å². The van der Waals surface area contributed by atoms with Crippen LogP contribution in [-0.2, 0) is 35.1 Å². The molecule has 0 radical (unpaired) electrons. The third-order valence-electron chi connectivity index (χ3n) is 7.09. The SMILES string of the molecule is COc1ccc(CO[C@H]2[C@@H](OC(C)=O)[C@@H](COC(C)=O)O[C@@H](Sc3ccccc3)[C@@H]2N2C(=O)c3ccccc3C2=O)cc1. The van der Waals surface area contributed by atoms with Crippen LogP contribution in [-0.4, -0.2) is 72.2 Å². The minimum Gasteiger partial charge on any atom is -0.497 e. The molecule has 43 heavy (non-hydrogen) atoms. The maximum Gasteiger partial charge on any atom is 0.303 e. The van der Waals surface area contributed by atoms with Crippen LogP contribution in [0.1, 0.15) is 40.1 Å². The summed E-state index contributed by atoms with van der Waals surface area (Å²) in [5.41, 5.74) is 0.420.